The standard InChI is InChI=1S/C25H30ClN3O4S/c1-4-32-20-8-6-18(16-21(20)33-5-2)24(30)29(11-10-28-12-14-31-15-13-28)25-27-23-17(3)19(26)7-9-22(23)34-25/h6-9,16H,4-5,10-15H2,1-3H3. The van der Waals surface area contributed by atoms with Crippen molar-refractivity contribution < 1.29 is 19.0 Å². The summed E-state index contributed by atoms with van der Waals surface area (Å²) in [6, 6.07) is 9.17. The summed E-state index contributed by atoms with van der Waals surface area (Å²) in [6.45, 7) is 11.2. The fourth-order valence-electron chi connectivity index (χ4n) is 3.89. The van der Waals surface area contributed by atoms with Crippen molar-refractivity contribution in [3.8, 4) is 11.5 Å². The zero-order valence-electron chi connectivity index (χ0n) is 19.8. The summed E-state index contributed by atoms with van der Waals surface area (Å²) in [5.74, 6) is 1.07. The number of morpholine rings is 1. The number of carbonyl (C=O) groups excluding carboxylic acids is 1. The monoisotopic (exact) mass is 503 g/mol. The average Bonchev–Trinajstić information content (AvgIpc) is 3.28. The molecule has 1 amide bonds. The molecular weight excluding hydrogens is 474 g/mol. The van der Waals surface area contributed by atoms with Crippen molar-refractivity contribution in [2.75, 3.05) is 57.5 Å². The van der Waals surface area contributed by atoms with Crippen LogP contribution in [0.15, 0.2) is 30.3 Å². The van der Waals surface area contributed by atoms with Gasteiger partial charge in [0.1, 0.15) is 0 Å². The summed E-state index contributed by atoms with van der Waals surface area (Å²) in [6.07, 6.45) is 0. The lowest BCUT2D eigenvalue weighted by Crippen LogP contribution is -2.43. The van der Waals surface area contributed by atoms with Gasteiger partial charge in [0.25, 0.3) is 5.91 Å². The van der Waals surface area contributed by atoms with Crippen LogP contribution in [0.2, 0.25) is 5.02 Å². The van der Waals surface area contributed by atoms with Crippen LogP contribution in [0, 0.1) is 6.92 Å². The van der Waals surface area contributed by atoms with Gasteiger partial charge in [0.05, 0.1) is 36.6 Å². The summed E-state index contributed by atoms with van der Waals surface area (Å²) in [4.78, 5) is 22.7. The molecule has 1 fully saturated rings. The van der Waals surface area contributed by atoms with E-state index in [4.69, 9.17) is 30.8 Å². The number of thiazole rings is 1. The normalized spacial score (nSPS) is 14.4. The van der Waals surface area contributed by atoms with Crippen molar-refractivity contribution >= 4 is 44.2 Å². The van der Waals surface area contributed by atoms with Gasteiger partial charge in [-0.25, -0.2) is 4.98 Å². The summed E-state index contributed by atoms with van der Waals surface area (Å²) >= 11 is 7.82. The molecule has 0 bridgehead atoms. The van der Waals surface area contributed by atoms with E-state index < -0.39 is 0 Å². The molecule has 2 heterocycles. The van der Waals surface area contributed by atoms with Gasteiger partial charge in [-0.15, -0.1) is 0 Å². The Morgan fingerprint density at radius 2 is 1.88 bits per heavy atom. The van der Waals surface area contributed by atoms with Gasteiger partial charge >= 0.3 is 0 Å². The van der Waals surface area contributed by atoms with Crippen LogP contribution >= 0.6 is 22.9 Å². The van der Waals surface area contributed by atoms with E-state index in [0.717, 1.165) is 35.4 Å². The molecule has 1 aromatic heterocycles. The fourth-order valence-corrected chi connectivity index (χ4v) is 5.10. The van der Waals surface area contributed by atoms with Gasteiger partial charge in [-0.3, -0.25) is 14.6 Å². The molecule has 9 heteroatoms. The van der Waals surface area contributed by atoms with E-state index in [1.807, 2.05) is 32.9 Å². The molecule has 7 nitrogen and oxygen atoms in total. The van der Waals surface area contributed by atoms with Gasteiger partial charge < -0.3 is 14.2 Å². The number of fused-ring (bicyclic) bond motifs is 1. The lowest BCUT2D eigenvalue weighted by atomic mass is 10.1. The van der Waals surface area contributed by atoms with Gasteiger partial charge in [0.15, 0.2) is 16.6 Å². The van der Waals surface area contributed by atoms with Crippen LogP contribution in [0.1, 0.15) is 29.8 Å². The summed E-state index contributed by atoms with van der Waals surface area (Å²) < 4.78 is 17.9. The van der Waals surface area contributed by atoms with Crippen molar-refractivity contribution in [3.05, 3.63) is 46.5 Å². The first-order valence-corrected chi connectivity index (χ1v) is 12.8. The number of aryl methyl sites for hydroxylation is 1. The van der Waals surface area contributed by atoms with Crippen molar-refractivity contribution in [3.63, 3.8) is 0 Å². The van der Waals surface area contributed by atoms with Crippen LogP contribution in [0.4, 0.5) is 5.13 Å². The third-order valence-electron chi connectivity index (χ3n) is 5.75. The lowest BCUT2D eigenvalue weighted by Gasteiger charge is -2.29. The van der Waals surface area contributed by atoms with Crippen LogP contribution < -0.4 is 14.4 Å². The molecular formula is C25H30ClN3O4S. The lowest BCUT2D eigenvalue weighted by molar-refractivity contribution is 0.0391. The highest BCUT2D eigenvalue weighted by atomic mass is 35.5. The Bertz CT molecular complexity index is 1150. The molecule has 0 atom stereocenters. The number of benzene rings is 2. The second-order valence-electron chi connectivity index (χ2n) is 7.95. The highest BCUT2D eigenvalue weighted by Gasteiger charge is 2.24. The van der Waals surface area contributed by atoms with Gasteiger partial charge in [0, 0.05) is 36.8 Å². The number of nitrogens with zero attached hydrogens (tertiary/aromatic N) is 3. The van der Waals surface area contributed by atoms with Gasteiger partial charge in [-0.05, 0) is 56.7 Å². The molecule has 182 valence electrons. The Morgan fingerprint density at radius 1 is 1.15 bits per heavy atom. The van der Waals surface area contributed by atoms with Crippen molar-refractivity contribution in [2.45, 2.75) is 20.8 Å². The maximum atomic E-state index is 13.8. The maximum Gasteiger partial charge on any atom is 0.260 e. The van der Waals surface area contributed by atoms with Gasteiger partial charge in [-0.1, -0.05) is 22.9 Å². The van der Waals surface area contributed by atoms with Crippen LogP contribution in [-0.4, -0.2) is 68.4 Å². The van der Waals surface area contributed by atoms with Crippen LogP contribution in [0.3, 0.4) is 0 Å². The smallest absolute Gasteiger partial charge is 0.260 e. The molecule has 0 N–H and O–H groups in total. The topological polar surface area (TPSA) is 64.1 Å². The first kappa shape index (κ1) is 24.7. The molecule has 0 aliphatic carbocycles. The molecule has 1 saturated heterocycles. The average molecular weight is 504 g/mol. The number of hydrogen-bond donors (Lipinski definition) is 0. The van der Waals surface area contributed by atoms with E-state index in [-0.39, 0.29) is 5.91 Å². The highest BCUT2D eigenvalue weighted by molar-refractivity contribution is 7.22. The zero-order chi connectivity index (χ0) is 24.1. The number of amides is 1. The molecule has 1 aliphatic heterocycles. The van der Waals surface area contributed by atoms with Gasteiger partial charge in [-0.2, -0.15) is 0 Å². The van der Waals surface area contributed by atoms with E-state index in [2.05, 4.69) is 4.90 Å². The number of hydrogen-bond acceptors (Lipinski definition) is 7. The first-order chi connectivity index (χ1) is 16.5. The predicted octanol–water partition coefficient (Wildman–Crippen LogP) is 5.03. The van der Waals surface area contributed by atoms with Crippen LogP contribution in [0.25, 0.3) is 10.2 Å². The van der Waals surface area contributed by atoms with E-state index >= 15 is 0 Å². The van der Waals surface area contributed by atoms with Gasteiger partial charge in [0.2, 0.25) is 0 Å². The molecule has 34 heavy (non-hydrogen) atoms. The molecule has 4 rings (SSSR count). The minimum atomic E-state index is -0.125. The van der Waals surface area contributed by atoms with Crippen molar-refractivity contribution in [1.29, 1.82) is 0 Å². The molecule has 0 spiro atoms. The quantitative estimate of drug-likeness (QED) is 0.408. The van der Waals surface area contributed by atoms with Crippen molar-refractivity contribution in [2.24, 2.45) is 0 Å². The maximum absolute atomic E-state index is 13.8. The zero-order valence-corrected chi connectivity index (χ0v) is 21.4. The number of anilines is 1. The Morgan fingerprint density at radius 3 is 2.62 bits per heavy atom. The summed E-state index contributed by atoms with van der Waals surface area (Å²) in [7, 11) is 0. The molecule has 2 aromatic carbocycles. The second-order valence-corrected chi connectivity index (χ2v) is 9.37. The SMILES string of the molecule is CCOc1ccc(C(=O)N(CCN2CCOCC2)c2nc3c(C)c(Cl)ccc3s2)cc1OCC. The Balaban J connectivity index is 1.68. The molecule has 3 aromatic rings. The first-order valence-electron chi connectivity index (χ1n) is 11.6. The third kappa shape index (κ3) is 5.46. The number of aromatic nitrogens is 1. The number of halogens is 1. The minimum absolute atomic E-state index is 0.125. The molecule has 0 radical (unpaired) electrons. The number of rotatable bonds is 9. The molecule has 1 aliphatic rings. The van der Waals surface area contributed by atoms with Crippen LogP contribution in [-0.2, 0) is 4.74 Å². The summed E-state index contributed by atoms with van der Waals surface area (Å²) in [5, 5.41) is 1.33. The second kappa shape index (κ2) is 11.4. The Labute approximate surface area is 209 Å². The van der Waals surface area contributed by atoms with Crippen molar-refractivity contribution in [1.82, 2.24) is 9.88 Å². The predicted molar refractivity (Wildman–Crippen MR) is 137 cm³/mol. The van der Waals surface area contributed by atoms with E-state index in [9.17, 15) is 4.79 Å². The Kier molecular flexibility index (Phi) is 8.26. The Hall–Kier alpha value is -2.39. The van der Waals surface area contributed by atoms with E-state index in [0.29, 0.717) is 60.2 Å². The van der Waals surface area contributed by atoms with E-state index in [1.165, 1.54) is 11.3 Å². The number of ether oxygens (including phenoxy) is 3. The van der Waals surface area contributed by atoms with Crippen LogP contribution in [0.5, 0.6) is 11.5 Å². The summed E-state index contributed by atoms with van der Waals surface area (Å²) in [5.41, 5.74) is 2.28. The largest absolute Gasteiger partial charge is 0.490 e. The number of carbonyl (C=O) groups is 1. The highest BCUT2D eigenvalue weighted by Crippen LogP contribution is 2.35. The molecule has 0 saturated carbocycles. The van der Waals surface area contributed by atoms with E-state index in [1.54, 1.807) is 23.1 Å². The molecule has 0 unspecified atom stereocenters. The fraction of sp³-hybridized carbons (Fsp3) is 0.440. The third-order valence-corrected chi connectivity index (χ3v) is 7.20. The minimum Gasteiger partial charge on any atom is -0.490 e.